The highest BCUT2D eigenvalue weighted by Gasteiger charge is 2.12. The molecule has 0 amide bonds. The van der Waals surface area contributed by atoms with Crippen LogP contribution in [0.4, 0.5) is 11.5 Å². The van der Waals surface area contributed by atoms with Gasteiger partial charge in [-0.3, -0.25) is 4.68 Å². The van der Waals surface area contributed by atoms with E-state index in [1.54, 1.807) is 30.9 Å². The third-order valence-electron chi connectivity index (χ3n) is 2.63. The number of pyridine rings is 1. The first-order valence-electron chi connectivity index (χ1n) is 5.95. The molecule has 2 heterocycles. The molecule has 6 heteroatoms. The lowest BCUT2D eigenvalue weighted by Crippen LogP contribution is -2.01. The highest BCUT2D eigenvalue weighted by Crippen LogP contribution is 2.22. The molecule has 98 valence electrons. The summed E-state index contributed by atoms with van der Waals surface area (Å²) in [5, 5.41) is 16.5. The monoisotopic (exact) mass is 257 g/mol. The minimum absolute atomic E-state index is 0.538. The average Bonchev–Trinajstić information content (AvgIpc) is 2.66. The Morgan fingerprint density at radius 2 is 2.26 bits per heavy atom. The summed E-state index contributed by atoms with van der Waals surface area (Å²) in [6.45, 7) is 4.30. The molecule has 0 fully saturated rings. The van der Waals surface area contributed by atoms with Gasteiger partial charge in [0.1, 0.15) is 17.5 Å². The Hall–Kier alpha value is -2.55. The first kappa shape index (κ1) is 12.9. The number of aromatic nitrogens is 3. The van der Waals surface area contributed by atoms with Gasteiger partial charge in [0.25, 0.3) is 0 Å². The zero-order valence-corrected chi connectivity index (χ0v) is 11.1. The molecule has 0 saturated heterocycles. The van der Waals surface area contributed by atoms with Crippen LogP contribution in [0.3, 0.4) is 0 Å². The lowest BCUT2D eigenvalue weighted by atomic mass is 10.2. The minimum atomic E-state index is 0.538. The Morgan fingerprint density at radius 3 is 2.84 bits per heavy atom. The topological polar surface area (TPSA) is 75.8 Å². The zero-order valence-electron chi connectivity index (χ0n) is 11.1. The van der Waals surface area contributed by atoms with Crippen LogP contribution in [0.2, 0.25) is 0 Å². The van der Waals surface area contributed by atoms with E-state index >= 15 is 0 Å². The molecule has 19 heavy (non-hydrogen) atoms. The number of nitrogens with zero attached hydrogens (tertiary/aromatic N) is 4. The lowest BCUT2D eigenvalue weighted by Gasteiger charge is -2.07. The molecule has 2 aromatic rings. The fourth-order valence-electron chi connectivity index (χ4n) is 1.76. The molecule has 0 aliphatic carbocycles. The number of aryl methyl sites for hydroxylation is 2. The Morgan fingerprint density at radius 1 is 1.47 bits per heavy atom. The van der Waals surface area contributed by atoms with Crippen molar-refractivity contribution in [3.8, 4) is 11.9 Å². The van der Waals surface area contributed by atoms with Crippen molar-refractivity contribution < 1.29 is 4.74 Å². The Bertz CT molecular complexity index is 609. The molecular formula is C13H15N5O. The van der Waals surface area contributed by atoms with E-state index in [9.17, 15) is 0 Å². The predicted molar refractivity (Wildman–Crippen MR) is 71.3 cm³/mol. The molecule has 2 rings (SSSR count). The second kappa shape index (κ2) is 5.40. The number of nitrogens with one attached hydrogen (secondary N) is 1. The number of nitriles is 1. The van der Waals surface area contributed by atoms with E-state index in [1.165, 1.54) is 0 Å². The smallest absolute Gasteiger partial charge is 0.213 e. The highest BCUT2D eigenvalue weighted by atomic mass is 16.5. The van der Waals surface area contributed by atoms with Gasteiger partial charge < -0.3 is 10.1 Å². The molecule has 0 unspecified atom stereocenters. The SMILES string of the molecule is CCOc1ccc(Nc2c(C#N)c(C)nn2C)cn1. The molecule has 0 aromatic carbocycles. The van der Waals surface area contributed by atoms with E-state index < -0.39 is 0 Å². The summed E-state index contributed by atoms with van der Waals surface area (Å²) >= 11 is 0. The van der Waals surface area contributed by atoms with Crippen molar-refractivity contribution in [2.45, 2.75) is 13.8 Å². The maximum Gasteiger partial charge on any atom is 0.213 e. The molecule has 0 atom stereocenters. The highest BCUT2D eigenvalue weighted by molar-refractivity contribution is 5.63. The van der Waals surface area contributed by atoms with Crippen LogP contribution in [0.25, 0.3) is 0 Å². The van der Waals surface area contributed by atoms with Crippen molar-refractivity contribution in [2.75, 3.05) is 11.9 Å². The van der Waals surface area contributed by atoms with Crippen LogP contribution < -0.4 is 10.1 Å². The van der Waals surface area contributed by atoms with Crippen LogP contribution in [0.5, 0.6) is 5.88 Å². The van der Waals surface area contributed by atoms with Crippen LogP contribution in [-0.4, -0.2) is 21.4 Å². The van der Waals surface area contributed by atoms with Gasteiger partial charge in [0.15, 0.2) is 0 Å². The molecule has 2 aromatic heterocycles. The van der Waals surface area contributed by atoms with Gasteiger partial charge in [0, 0.05) is 13.1 Å². The van der Waals surface area contributed by atoms with Crippen molar-refractivity contribution in [3.63, 3.8) is 0 Å². The zero-order chi connectivity index (χ0) is 13.8. The molecule has 0 aliphatic heterocycles. The summed E-state index contributed by atoms with van der Waals surface area (Å²) in [6, 6.07) is 5.77. The number of hydrogen-bond donors (Lipinski definition) is 1. The van der Waals surface area contributed by atoms with E-state index in [4.69, 9.17) is 10.00 Å². The second-order valence-electron chi connectivity index (χ2n) is 3.99. The lowest BCUT2D eigenvalue weighted by molar-refractivity contribution is 0.327. The van der Waals surface area contributed by atoms with E-state index in [2.05, 4.69) is 21.5 Å². The normalized spacial score (nSPS) is 10.0. The molecule has 1 N–H and O–H groups in total. The van der Waals surface area contributed by atoms with Gasteiger partial charge in [-0.1, -0.05) is 0 Å². The fourth-order valence-corrected chi connectivity index (χ4v) is 1.76. The van der Waals surface area contributed by atoms with Crippen molar-refractivity contribution in [1.29, 1.82) is 5.26 Å². The second-order valence-corrected chi connectivity index (χ2v) is 3.99. The van der Waals surface area contributed by atoms with Gasteiger partial charge in [-0.2, -0.15) is 10.4 Å². The molecular weight excluding hydrogens is 242 g/mol. The van der Waals surface area contributed by atoms with E-state index in [0.29, 0.717) is 29.6 Å². The van der Waals surface area contributed by atoms with Gasteiger partial charge in [-0.05, 0) is 19.9 Å². The number of anilines is 2. The van der Waals surface area contributed by atoms with E-state index in [0.717, 1.165) is 5.69 Å². The van der Waals surface area contributed by atoms with Crippen LogP contribution in [0.15, 0.2) is 18.3 Å². The van der Waals surface area contributed by atoms with Crippen molar-refractivity contribution in [2.24, 2.45) is 7.05 Å². The first-order valence-corrected chi connectivity index (χ1v) is 5.95. The summed E-state index contributed by atoms with van der Waals surface area (Å²) in [7, 11) is 1.79. The predicted octanol–water partition coefficient (Wildman–Crippen LogP) is 2.14. The van der Waals surface area contributed by atoms with Gasteiger partial charge in [-0.15, -0.1) is 0 Å². The van der Waals surface area contributed by atoms with Gasteiger partial charge in [0.2, 0.25) is 5.88 Å². The summed E-state index contributed by atoms with van der Waals surface area (Å²) in [5.41, 5.74) is 2.02. The molecule has 0 radical (unpaired) electrons. The largest absolute Gasteiger partial charge is 0.478 e. The molecule has 0 aliphatic rings. The summed E-state index contributed by atoms with van der Waals surface area (Å²) in [5.74, 6) is 1.24. The number of rotatable bonds is 4. The minimum Gasteiger partial charge on any atom is -0.478 e. The Labute approximate surface area is 111 Å². The molecule has 0 saturated carbocycles. The van der Waals surface area contributed by atoms with Gasteiger partial charge in [0.05, 0.1) is 24.2 Å². The average molecular weight is 257 g/mol. The van der Waals surface area contributed by atoms with Crippen molar-refractivity contribution in [3.05, 3.63) is 29.6 Å². The maximum absolute atomic E-state index is 9.13. The van der Waals surface area contributed by atoms with E-state index in [-0.39, 0.29) is 0 Å². The van der Waals surface area contributed by atoms with Gasteiger partial charge >= 0.3 is 0 Å². The first-order chi connectivity index (χ1) is 9.15. The summed E-state index contributed by atoms with van der Waals surface area (Å²) in [4.78, 5) is 4.16. The number of hydrogen-bond acceptors (Lipinski definition) is 5. The maximum atomic E-state index is 9.13. The molecule has 0 bridgehead atoms. The van der Waals surface area contributed by atoms with Crippen molar-refractivity contribution in [1.82, 2.24) is 14.8 Å². The fraction of sp³-hybridized carbons (Fsp3) is 0.308. The molecule has 6 nitrogen and oxygen atoms in total. The van der Waals surface area contributed by atoms with E-state index in [1.807, 2.05) is 13.0 Å². The quantitative estimate of drug-likeness (QED) is 0.908. The Balaban J connectivity index is 2.24. The number of ether oxygens (including phenoxy) is 1. The third kappa shape index (κ3) is 2.65. The summed E-state index contributed by atoms with van der Waals surface area (Å²) in [6.07, 6.45) is 1.66. The third-order valence-corrected chi connectivity index (χ3v) is 2.63. The van der Waals surface area contributed by atoms with Crippen LogP contribution in [0, 0.1) is 18.3 Å². The summed E-state index contributed by atoms with van der Waals surface area (Å²) < 4.78 is 6.92. The Kier molecular flexibility index (Phi) is 3.66. The van der Waals surface area contributed by atoms with Crippen LogP contribution in [0.1, 0.15) is 18.2 Å². The van der Waals surface area contributed by atoms with Crippen LogP contribution in [-0.2, 0) is 7.05 Å². The standard InChI is InChI=1S/C13H15N5O/c1-4-19-12-6-5-10(8-15-12)16-13-11(7-14)9(2)17-18(13)3/h5-6,8,16H,4H2,1-3H3. The molecule has 0 spiro atoms. The van der Waals surface area contributed by atoms with Gasteiger partial charge in [-0.25, -0.2) is 4.98 Å². The van der Waals surface area contributed by atoms with Crippen LogP contribution >= 0.6 is 0 Å². The van der Waals surface area contributed by atoms with Crippen molar-refractivity contribution >= 4 is 11.5 Å².